The first kappa shape index (κ1) is 14.1. The maximum absolute atomic E-state index is 11.5. The highest BCUT2D eigenvalue weighted by molar-refractivity contribution is 9.10. The Morgan fingerprint density at radius 2 is 2.00 bits per heavy atom. The monoisotopic (exact) mass is 334 g/mol. The predicted octanol–water partition coefficient (Wildman–Crippen LogP) is 2.52. The number of nitrogens with one attached hydrogen (secondary N) is 2. The van der Waals surface area contributed by atoms with E-state index in [-0.39, 0.29) is 5.76 Å². The van der Waals surface area contributed by atoms with Crippen LogP contribution in [0.4, 0.5) is 0 Å². The van der Waals surface area contributed by atoms with Crippen LogP contribution in [0.5, 0.6) is 0 Å². The van der Waals surface area contributed by atoms with Gasteiger partial charge < -0.3 is 4.42 Å². The van der Waals surface area contributed by atoms with Crippen LogP contribution >= 0.6 is 15.9 Å². The van der Waals surface area contributed by atoms with Gasteiger partial charge in [0.05, 0.1) is 6.26 Å². The van der Waals surface area contributed by atoms with Gasteiger partial charge >= 0.3 is 5.91 Å². The van der Waals surface area contributed by atoms with Gasteiger partial charge in [0.15, 0.2) is 5.76 Å². The number of rotatable bonds is 3. The minimum absolute atomic E-state index is 0.126. The van der Waals surface area contributed by atoms with Gasteiger partial charge in [-0.25, -0.2) is 0 Å². The summed E-state index contributed by atoms with van der Waals surface area (Å²) in [4.78, 5) is 23.0. The molecule has 0 unspecified atom stereocenters. The molecule has 0 aliphatic heterocycles. The minimum atomic E-state index is -0.515. The summed E-state index contributed by atoms with van der Waals surface area (Å²) in [7, 11) is 0. The first-order valence-electron chi connectivity index (χ1n) is 5.72. The van der Waals surface area contributed by atoms with Gasteiger partial charge in [0, 0.05) is 10.5 Å². The largest absolute Gasteiger partial charge is 0.459 e. The molecule has 1 heterocycles. The molecule has 1 aromatic heterocycles. The zero-order valence-electron chi connectivity index (χ0n) is 10.3. The zero-order valence-corrected chi connectivity index (χ0v) is 11.9. The number of furan rings is 1. The molecule has 1 aromatic carbocycles. The summed E-state index contributed by atoms with van der Waals surface area (Å²) < 4.78 is 5.81. The molecule has 2 N–H and O–H groups in total. The number of halogens is 1. The molecular formula is C14H11BrN2O3. The van der Waals surface area contributed by atoms with Gasteiger partial charge in [-0.3, -0.25) is 20.4 Å². The lowest BCUT2D eigenvalue weighted by atomic mass is 10.2. The van der Waals surface area contributed by atoms with Crippen molar-refractivity contribution in [3.8, 4) is 0 Å². The Kier molecular flexibility index (Phi) is 4.73. The molecule has 2 rings (SSSR count). The highest BCUT2D eigenvalue weighted by Gasteiger charge is 2.07. The molecule has 0 spiro atoms. The summed E-state index contributed by atoms with van der Waals surface area (Å²) in [6.07, 6.45) is 4.34. The number of hydrogen-bond donors (Lipinski definition) is 2. The molecule has 2 amide bonds. The van der Waals surface area contributed by atoms with E-state index in [1.807, 2.05) is 24.3 Å². The molecule has 0 atom stereocenters. The van der Waals surface area contributed by atoms with E-state index in [0.717, 1.165) is 10.0 Å². The summed E-state index contributed by atoms with van der Waals surface area (Å²) in [5.41, 5.74) is 5.37. The average molecular weight is 335 g/mol. The van der Waals surface area contributed by atoms with E-state index in [0.29, 0.717) is 0 Å². The number of carbonyl (C=O) groups excluding carboxylic acids is 2. The van der Waals surface area contributed by atoms with Gasteiger partial charge in [-0.2, -0.15) is 0 Å². The van der Waals surface area contributed by atoms with Crippen molar-refractivity contribution in [2.24, 2.45) is 0 Å². The average Bonchev–Trinajstić information content (AvgIpc) is 2.97. The molecule has 102 valence electrons. The lowest BCUT2D eigenvalue weighted by Crippen LogP contribution is -2.40. The molecule has 5 nitrogen and oxygen atoms in total. The molecule has 6 heteroatoms. The van der Waals surface area contributed by atoms with E-state index in [1.54, 1.807) is 12.1 Å². The number of carbonyl (C=O) groups is 2. The quantitative estimate of drug-likeness (QED) is 0.669. The zero-order chi connectivity index (χ0) is 14.4. The number of hydrazine groups is 1. The van der Waals surface area contributed by atoms with Gasteiger partial charge in [-0.05, 0) is 35.9 Å². The molecular weight excluding hydrogens is 324 g/mol. The second kappa shape index (κ2) is 6.72. The van der Waals surface area contributed by atoms with E-state index in [4.69, 9.17) is 4.42 Å². The van der Waals surface area contributed by atoms with Crippen molar-refractivity contribution in [2.75, 3.05) is 0 Å². The summed E-state index contributed by atoms with van der Waals surface area (Å²) in [6, 6.07) is 10.6. The Morgan fingerprint density at radius 1 is 1.15 bits per heavy atom. The SMILES string of the molecule is O=C(C=Cc1cccc(Br)c1)NNC(=O)c1ccco1. The van der Waals surface area contributed by atoms with Crippen molar-refractivity contribution in [3.05, 3.63) is 64.5 Å². The van der Waals surface area contributed by atoms with Crippen LogP contribution < -0.4 is 10.9 Å². The highest BCUT2D eigenvalue weighted by atomic mass is 79.9. The smallest absolute Gasteiger partial charge is 0.305 e. The molecule has 0 fully saturated rings. The molecule has 0 aliphatic rings. The fourth-order valence-corrected chi connectivity index (χ4v) is 1.83. The molecule has 0 saturated carbocycles. The lowest BCUT2D eigenvalue weighted by Gasteiger charge is -2.02. The third-order valence-electron chi connectivity index (χ3n) is 2.32. The third-order valence-corrected chi connectivity index (χ3v) is 2.81. The second-order valence-corrected chi connectivity index (χ2v) is 4.72. The molecule has 0 aliphatic carbocycles. The number of amides is 2. The molecule has 0 radical (unpaired) electrons. The summed E-state index contributed by atoms with van der Waals surface area (Å²) in [5.74, 6) is -0.828. The van der Waals surface area contributed by atoms with Crippen LogP contribution in [0.2, 0.25) is 0 Å². The van der Waals surface area contributed by atoms with Crippen LogP contribution in [0.15, 0.2) is 57.6 Å². The molecule has 2 aromatic rings. The Bertz CT molecular complexity index is 636. The van der Waals surface area contributed by atoms with E-state index in [9.17, 15) is 9.59 Å². The standard InChI is InChI=1S/C14H11BrN2O3/c15-11-4-1-3-10(9-11)6-7-13(18)16-17-14(19)12-5-2-8-20-12/h1-9H,(H,16,18)(H,17,19). The van der Waals surface area contributed by atoms with Crippen LogP contribution in [0, 0.1) is 0 Å². The molecule has 0 bridgehead atoms. The van der Waals surface area contributed by atoms with Crippen LogP contribution in [-0.4, -0.2) is 11.8 Å². The van der Waals surface area contributed by atoms with Crippen LogP contribution in [0.1, 0.15) is 16.1 Å². The Labute approximate surface area is 123 Å². The predicted molar refractivity (Wildman–Crippen MR) is 77.5 cm³/mol. The number of benzene rings is 1. The van der Waals surface area contributed by atoms with Gasteiger partial charge in [0.25, 0.3) is 5.91 Å². The van der Waals surface area contributed by atoms with Gasteiger partial charge in [0.2, 0.25) is 0 Å². The minimum Gasteiger partial charge on any atom is -0.459 e. The fourth-order valence-electron chi connectivity index (χ4n) is 1.41. The first-order valence-corrected chi connectivity index (χ1v) is 6.52. The Hall–Kier alpha value is -2.34. The van der Waals surface area contributed by atoms with Crippen molar-refractivity contribution >= 4 is 33.8 Å². The van der Waals surface area contributed by atoms with Crippen molar-refractivity contribution in [1.29, 1.82) is 0 Å². The lowest BCUT2D eigenvalue weighted by molar-refractivity contribution is -0.117. The number of hydrogen-bond acceptors (Lipinski definition) is 3. The third kappa shape index (κ3) is 4.10. The summed E-state index contributed by atoms with van der Waals surface area (Å²) in [5, 5.41) is 0. The highest BCUT2D eigenvalue weighted by Crippen LogP contribution is 2.12. The van der Waals surface area contributed by atoms with Crippen molar-refractivity contribution in [2.45, 2.75) is 0 Å². The summed E-state index contributed by atoms with van der Waals surface area (Å²) >= 11 is 3.34. The van der Waals surface area contributed by atoms with Crippen molar-refractivity contribution in [1.82, 2.24) is 10.9 Å². The van der Waals surface area contributed by atoms with E-state index >= 15 is 0 Å². The van der Waals surface area contributed by atoms with Crippen LogP contribution in [0.25, 0.3) is 6.08 Å². The molecule has 0 saturated heterocycles. The van der Waals surface area contributed by atoms with E-state index in [1.165, 1.54) is 18.4 Å². The normalized spacial score (nSPS) is 10.4. The van der Waals surface area contributed by atoms with Crippen LogP contribution in [0.3, 0.4) is 0 Å². The second-order valence-electron chi connectivity index (χ2n) is 3.81. The molecule has 20 heavy (non-hydrogen) atoms. The van der Waals surface area contributed by atoms with Gasteiger partial charge in [-0.1, -0.05) is 28.1 Å². The van der Waals surface area contributed by atoms with E-state index in [2.05, 4.69) is 26.8 Å². The van der Waals surface area contributed by atoms with Gasteiger partial charge in [0.1, 0.15) is 0 Å². The Morgan fingerprint density at radius 3 is 2.70 bits per heavy atom. The fraction of sp³-hybridized carbons (Fsp3) is 0. The van der Waals surface area contributed by atoms with E-state index < -0.39 is 11.8 Å². The van der Waals surface area contributed by atoms with Crippen molar-refractivity contribution in [3.63, 3.8) is 0 Å². The summed E-state index contributed by atoms with van der Waals surface area (Å²) in [6.45, 7) is 0. The van der Waals surface area contributed by atoms with Gasteiger partial charge in [-0.15, -0.1) is 0 Å². The Balaban J connectivity index is 1.85. The maximum Gasteiger partial charge on any atom is 0.305 e. The topological polar surface area (TPSA) is 71.3 Å². The van der Waals surface area contributed by atoms with Crippen molar-refractivity contribution < 1.29 is 14.0 Å². The maximum atomic E-state index is 11.5. The van der Waals surface area contributed by atoms with Crippen LogP contribution in [-0.2, 0) is 4.79 Å². The first-order chi connectivity index (χ1) is 9.65.